The maximum atomic E-state index is 12.8. The fourth-order valence-corrected chi connectivity index (χ4v) is 5.40. The van der Waals surface area contributed by atoms with E-state index in [0.717, 1.165) is 53.7 Å². The first-order valence-electron chi connectivity index (χ1n) is 10.8. The molecule has 3 aromatic heterocycles. The van der Waals surface area contributed by atoms with Gasteiger partial charge in [-0.05, 0) is 31.0 Å². The van der Waals surface area contributed by atoms with Crippen molar-refractivity contribution in [3.63, 3.8) is 0 Å². The predicted molar refractivity (Wildman–Crippen MR) is 124 cm³/mol. The summed E-state index contributed by atoms with van der Waals surface area (Å²) in [5.74, 6) is 0.756. The van der Waals surface area contributed by atoms with E-state index in [0.29, 0.717) is 28.3 Å². The number of aromatic amines is 1. The number of piperidine rings is 1. The van der Waals surface area contributed by atoms with Gasteiger partial charge in [0.05, 0.1) is 17.3 Å². The van der Waals surface area contributed by atoms with Gasteiger partial charge >= 0.3 is 6.18 Å². The number of hydrogen-bond donors (Lipinski definition) is 3. The van der Waals surface area contributed by atoms with Crippen LogP contribution < -0.4 is 5.32 Å². The quantitative estimate of drug-likeness (QED) is 0.370. The summed E-state index contributed by atoms with van der Waals surface area (Å²) in [6.07, 6.45) is -2.18. The Morgan fingerprint density at radius 1 is 1.21 bits per heavy atom. The summed E-state index contributed by atoms with van der Waals surface area (Å²) in [6.45, 7) is 2.18. The predicted octanol–water partition coefficient (Wildman–Crippen LogP) is 4.93. The second kappa shape index (κ2) is 8.77. The minimum atomic E-state index is -4.26. The van der Waals surface area contributed by atoms with Crippen molar-refractivity contribution in [2.75, 3.05) is 18.4 Å². The molecule has 11 heteroatoms. The first-order valence-corrected chi connectivity index (χ1v) is 11.6. The Bertz CT molecular complexity index is 1380. The number of H-pyrrole nitrogens is 1. The van der Waals surface area contributed by atoms with Crippen LogP contribution in [0, 0.1) is 11.3 Å². The van der Waals surface area contributed by atoms with Gasteiger partial charge in [-0.3, -0.25) is 4.90 Å². The SMILES string of the molecule is N#Cc1cc2cc(CN3CCC(Nc4ncnc5sc(CC(F)(F)F)cc45)CC3)c(O)cc2[nH]1. The lowest BCUT2D eigenvalue weighted by Gasteiger charge is -2.32. The zero-order chi connectivity index (χ0) is 23.9. The van der Waals surface area contributed by atoms with E-state index in [2.05, 4.69) is 31.2 Å². The number of thiophene rings is 1. The van der Waals surface area contributed by atoms with Crippen molar-refractivity contribution in [1.82, 2.24) is 19.9 Å². The third kappa shape index (κ3) is 4.78. The molecular weight excluding hydrogens is 465 g/mol. The van der Waals surface area contributed by atoms with Crippen molar-refractivity contribution in [2.24, 2.45) is 0 Å². The van der Waals surface area contributed by atoms with Crippen LogP contribution in [-0.4, -0.2) is 50.3 Å². The van der Waals surface area contributed by atoms with Gasteiger partial charge in [0.1, 0.15) is 34.5 Å². The van der Waals surface area contributed by atoms with Crippen LogP contribution in [0.5, 0.6) is 5.75 Å². The largest absolute Gasteiger partial charge is 0.508 e. The molecule has 0 aliphatic carbocycles. The van der Waals surface area contributed by atoms with Crippen molar-refractivity contribution in [3.05, 3.63) is 46.7 Å². The Labute approximate surface area is 196 Å². The maximum absolute atomic E-state index is 12.8. The summed E-state index contributed by atoms with van der Waals surface area (Å²) in [5.41, 5.74) is 1.98. The first-order chi connectivity index (χ1) is 16.3. The van der Waals surface area contributed by atoms with E-state index in [1.54, 1.807) is 12.1 Å². The third-order valence-corrected chi connectivity index (χ3v) is 7.06. The molecule has 0 bridgehead atoms. The van der Waals surface area contributed by atoms with Gasteiger partial charge in [-0.25, -0.2) is 9.97 Å². The highest BCUT2D eigenvalue weighted by Crippen LogP contribution is 2.33. The molecule has 0 spiro atoms. The molecule has 1 aromatic carbocycles. The molecule has 1 aliphatic heterocycles. The van der Waals surface area contributed by atoms with Crippen LogP contribution in [0.2, 0.25) is 0 Å². The van der Waals surface area contributed by atoms with Crippen molar-refractivity contribution < 1.29 is 18.3 Å². The van der Waals surface area contributed by atoms with Crippen molar-refractivity contribution in [2.45, 2.75) is 38.0 Å². The highest BCUT2D eigenvalue weighted by Gasteiger charge is 2.29. The van der Waals surface area contributed by atoms with Crippen molar-refractivity contribution >= 4 is 38.3 Å². The molecule has 0 unspecified atom stereocenters. The van der Waals surface area contributed by atoms with Gasteiger partial charge in [-0.15, -0.1) is 11.3 Å². The van der Waals surface area contributed by atoms with Crippen LogP contribution in [-0.2, 0) is 13.0 Å². The molecular formula is C23H21F3N6OS. The summed E-state index contributed by atoms with van der Waals surface area (Å²) < 4.78 is 38.3. The zero-order valence-electron chi connectivity index (χ0n) is 18.0. The number of phenolic OH excluding ortho intramolecular Hbond substituents is 1. The second-order valence-electron chi connectivity index (χ2n) is 8.50. The van der Waals surface area contributed by atoms with Crippen LogP contribution in [0.4, 0.5) is 19.0 Å². The molecule has 0 saturated carbocycles. The molecule has 34 heavy (non-hydrogen) atoms. The lowest BCUT2D eigenvalue weighted by molar-refractivity contribution is -0.126. The molecule has 1 fully saturated rings. The number of hydrogen-bond acceptors (Lipinski definition) is 7. The topological polar surface area (TPSA) is 101 Å². The van der Waals surface area contributed by atoms with E-state index in [9.17, 15) is 18.3 Å². The van der Waals surface area contributed by atoms with E-state index < -0.39 is 12.6 Å². The standard InChI is InChI=1S/C23H21F3N6OS/c24-23(25,26)9-17-7-18-21(28-12-29-22(18)34-17)31-15-1-3-32(4-2-15)11-14-5-13-6-16(10-27)30-19(13)8-20(14)33/h5-8,12,15,30,33H,1-4,9,11H2,(H,28,29,31). The molecule has 1 saturated heterocycles. The molecule has 5 rings (SSSR count). The Morgan fingerprint density at radius 3 is 2.74 bits per heavy atom. The van der Waals surface area contributed by atoms with Crippen LogP contribution >= 0.6 is 11.3 Å². The highest BCUT2D eigenvalue weighted by atomic mass is 32.1. The molecule has 0 radical (unpaired) electrons. The van der Waals surface area contributed by atoms with E-state index in [1.807, 2.05) is 6.07 Å². The number of nitrogens with zero attached hydrogens (tertiary/aromatic N) is 4. The van der Waals surface area contributed by atoms with Gasteiger partial charge in [-0.2, -0.15) is 18.4 Å². The number of phenols is 1. The summed E-state index contributed by atoms with van der Waals surface area (Å²) in [4.78, 5) is 14.4. The second-order valence-corrected chi connectivity index (χ2v) is 9.62. The number of nitrogens with one attached hydrogen (secondary N) is 2. The maximum Gasteiger partial charge on any atom is 0.393 e. The summed E-state index contributed by atoms with van der Waals surface area (Å²) in [7, 11) is 0. The molecule has 1 aliphatic rings. The number of halogens is 3. The minimum absolute atomic E-state index is 0.138. The molecule has 0 amide bonds. The summed E-state index contributed by atoms with van der Waals surface area (Å²) >= 11 is 1.04. The van der Waals surface area contributed by atoms with Gasteiger partial charge in [0, 0.05) is 47.6 Å². The summed E-state index contributed by atoms with van der Waals surface area (Å²) in [5, 5.41) is 24.4. The van der Waals surface area contributed by atoms with Gasteiger partial charge < -0.3 is 15.4 Å². The monoisotopic (exact) mass is 486 g/mol. The van der Waals surface area contributed by atoms with E-state index in [4.69, 9.17) is 5.26 Å². The Hall–Kier alpha value is -3.36. The number of alkyl halides is 3. The van der Waals surface area contributed by atoms with E-state index in [1.165, 1.54) is 12.4 Å². The average Bonchev–Trinajstić information content (AvgIpc) is 3.37. The van der Waals surface area contributed by atoms with Gasteiger partial charge in [0.25, 0.3) is 0 Å². The molecule has 176 valence electrons. The first kappa shape index (κ1) is 22.4. The minimum Gasteiger partial charge on any atom is -0.508 e. The van der Waals surface area contributed by atoms with Gasteiger partial charge in [0.15, 0.2) is 0 Å². The van der Waals surface area contributed by atoms with Crippen LogP contribution in [0.25, 0.3) is 21.1 Å². The number of fused-ring (bicyclic) bond motifs is 2. The number of aromatic nitrogens is 3. The fourth-order valence-electron chi connectivity index (χ4n) is 4.38. The molecule has 0 atom stereocenters. The number of aromatic hydroxyl groups is 1. The Kier molecular flexibility index (Phi) is 5.79. The Balaban J connectivity index is 1.23. The number of nitriles is 1. The fraction of sp³-hybridized carbons (Fsp3) is 0.348. The number of anilines is 1. The van der Waals surface area contributed by atoms with Gasteiger partial charge in [-0.1, -0.05) is 0 Å². The number of benzene rings is 1. The van der Waals surface area contributed by atoms with E-state index in [-0.39, 0.29) is 16.7 Å². The molecule has 4 heterocycles. The van der Waals surface area contributed by atoms with Crippen molar-refractivity contribution in [1.29, 1.82) is 5.26 Å². The number of rotatable bonds is 5. The van der Waals surface area contributed by atoms with Gasteiger partial charge in [0.2, 0.25) is 0 Å². The molecule has 7 nitrogen and oxygen atoms in total. The zero-order valence-corrected chi connectivity index (χ0v) is 18.8. The highest BCUT2D eigenvalue weighted by molar-refractivity contribution is 7.18. The van der Waals surface area contributed by atoms with Crippen LogP contribution in [0.3, 0.4) is 0 Å². The smallest absolute Gasteiger partial charge is 0.393 e. The van der Waals surface area contributed by atoms with Crippen LogP contribution in [0.15, 0.2) is 30.6 Å². The Morgan fingerprint density at radius 2 is 2.00 bits per heavy atom. The van der Waals surface area contributed by atoms with Crippen molar-refractivity contribution in [3.8, 4) is 11.8 Å². The summed E-state index contributed by atoms with van der Waals surface area (Å²) in [6, 6.07) is 9.05. The van der Waals surface area contributed by atoms with Crippen LogP contribution in [0.1, 0.15) is 29.0 Å². The average molecular weight is 487 g/mol. The lowest BCUT2D eigenvalue weighted by atomic mass is 10.0. The third-order valence-electron chi connectivity index (χ3n) is 6.02. The van der Waals surface area contributed by atoms with E-state index >= 15 is 0 Å². The normalized spacial score (nSPS) is 15.7. The number of likely N-dealkylation sites (tertiary alicyclic amines) is 1. The molecule has 3 N–H and O–H groups in total. The molecule has 4 aromatic rings. The lowest BCUT2D eigenvalue weighted by Crippen LogP contribution is -2.38.